The van der Waals surface area contributed by atoms with Crippen molar-refractivity contribution in [3.8, 4) is 23.3 Å². The number of benzene rings is 3. The molecule has 0 amide bonds. The van der Waals surface area contributed by atoms with Crippen molar-refractivity contribution in [3.05, 3.63) is 94.0 Å². The number of alkyl halides is 3. The monoisotopic (exact) mass is 505 g/mol. The highest BCUT2D eigenvalue weighted by Crippen LogP contribution is 2.40. The van der Waals surface area contributed by atoms with E-state index in [4.69, 9.17) is 14.7 Å². The lowest BCUT2D eigenvalue weighted by Crippen LogP contribution is -2.35. The maximum Gasteiger partial charge on any atom is 0.416 e. The summed E-state index contributed by atoms with van der Waals surface area (Å²) in [7, 11) is 3.91. The van der Waals surface area contributed by atoms with Gasteiger partial charge in [-0.3, -0.25) is 0 Å². The zero-order valence-electron chi connectivity index (χ0n) is 20.6. The minimum Gasteiger partial charge on any atom is -0.373 e. The van der Waals surface area contributed by atoms with Gasteiger partial charge >= 0.3 is 6.18 Å². The van der Waals surface area contributed by atoms with E-state index in [-0.39, 0.29) is 13.2 Å². The molecule has 8 heteroatoms. The molecule has 0 aliphatic carbocycles. The standard InChI is InChI=1S/C29H26F3N3O2/c1-35(2)10-9-28(27-8-5-21(16-34)11-25(27)18-37-28)19-36-17-22-12-24(14-26(13-22)29(30,31)32)23-6-3-20(15-33)4-7-23/h3-8,11-14H,9-10,17-19H2,1-2H3. The predicted molar refractivity (Wildman–Crippen MR) is 132 cm³/mol. The van der Waals surface area contributed by atoms with Crippen LogP contribution in [0.15, 0.2) is 60.7 Å². The normalized spacial score (nSPS) is 16.9. The molecule has 5 nitrogen and oxygen atoms in total. The third kappa shape index (κ3) is 6.00. The van der Waals surface area contributed by atoms with E-state index in [1.807, 2.05) is 37.2 Å². The van der Waals surface area contributed by atoms with E-state index in [1.54, 1.807) is 36.4 Å². The minimum atomic E-state index is -4.52. The van der Waals surface area contributed by atoms with Crippen LogP contribution in [0.3, 0.4) is 0 Å². The van der Waals surface area contributed by atoms with Crippen LogP contribution in [0.1, 0.15) is 39.8 Å². The van der Waals surface area contributed by atoms with Gasteiger partial charge < -0.3 is 14.4 Å². The van der Waals surface area contributed by atoms with Crippen LogP contribution < -0.4 is 0 Å². The van der Waals surface area contributed by atoms with Crippen LogP contribution in [0.2, 0.25) is 0 Å². The smallest absolute Gasteiger partial charge is 0.373 e. The molecular formula is C29H26F3N3O2. The summed E-state index contributed by atoms with van der Waals surface area (Å²) in [5.41, 5.74) is 2.68. The highest BCUT2D eigenvalue weighted by molar-refractivity contribution is 5.66. The molecule has 37 heavy (non-hydrogen) atoms. The molecule has 0 aromatic heterocycles. The van der Waals surface area contributed by atoms with Crippen LogP contribution >= 0.6 is 0 Å². The number of halogens is 3. The van der Waals surface area contributed by atoms with Gasteiger partial charge in [-0.15, -0.1) is 0 Å². The van der Waals surface area contributed by atoms with Crippen LogP contribution in [0.5, 0.6) is 0 Å². The van der Waals surface area contributed by atoms with E-state index < -0.39 is 17.3 Å². The number of fused-ring (bicyclic) bond motifs is 1. The number of ether oxygens (including phenoxy) is 2. The van der Waals surface area contributed by atoms with Gasteiger partial charge in [0.2, 0.25) is 0 Å². The highest BCUT2D eigenvalue weighted by Gasteiger charge is 2.40. The Labute approximate surface area is 214 Å². The van der Waals surface area contributed by atoms with Crippen molar-refractivity contribution < 1.29 is 22.6 Å². The van der Waals surface area contributed by atoms with Crippen molar-refractivity contribution in [2.45, 2.75) is 31.4 Å². The van der Waals surface area contributed by atoms with Gasteiger partial charge in [-0.25, -0.2) is 0 Å². The molecule has 190 valence electrons. The van der Waals surface area contributed by atoms with Gasteiger partial charge in [0, 0.05) is 6.54 Å². The zero-order chi connectivity index (χ0) is 26.6. The molecule has 3 aromatic carbocycles. The van der Waals surface area contributed by atoms with Gasteiger partial charge in [0.15, 0.2) is 0 Å². The molecule has 4 rings (SSSR count). The molecule has 0 N–H and O–H groups in total. The molecule has 0 bridgehead atoms. The summed E-state index contributed by atoms with van der Waals surface area (Å²) in [6, 6.07) is 19.9. The number of hydrogen-bond donors (Lipinski definition) is 0. The summed E-state index contributed by atoms with van der Waals surface area (Å²) < 4.78 is 53.3. The van der Waals surface area contributed by atoms with Crippen LogP contribution in [0.25, 0.3) is 11.1 Å². The Bertz CT molecular complexity index is 1350. The van der Waals surface area contributed by atoms with Crippen molar-refractivity contribution in [3.63, 3.8) is 0 Å². The zero-order valence-corrected chi connectivity index (χ0v) is 20.6. The summed E-state index contributed by atoms with van der Waals surface area (Å²) in [6.45, 7) is 1.18. The average Bonchev–Trinajstić information content (AvgIpc) is 3.24. The molecule has 0 spiro atoms. The second kappa shape index (κ2) is 10.7. The molecule has 3 aromatic rings. The van der Waals surface area contributed by atoms with Gasteiger partial charge in [0.1, 0.15) is 5.60 Å². The van der Waals surface area contributed by atoms with Crippen molar-refractivity contribution >= 4 is 0 Å². The molecule has 1 aliphatic heterocycles. The summed E-state index contributed by atoms with van der Waals surface area (Å²) in [4.78, 5) is 2.03. The Morgan fingerprint density at radius 1 is 0.946 bits per heavy atom. The summed E-state index contributed by atoms with van der Waals surface area (Å²) in [5, 5.41) is 18.3. The first kappa shape index (κ1) is 26.4. The summed E-state index contributed by atoms with van der Waals surface area (Å²) in [6.07, 6.45) is -3.89. The molecule has 0 saturated heterocycles. The van der Waals surface area contributed by atoms with Gasteiger partial charge in [0.05, 0.1) is 48.6 Å². The molecule has 0 saturated carbocycles. The maximum atomic E-state index is 13.7. The Kier molecular flexibility index (Phi) is 7.65. The molecule has 0 radical (unpaired) electrons. The topological polar surface area (TPSA) is 69.3 Å². The summed E-state index contributed by atoms with van der Waals surface area (Å²) in [5.74, 6) is 0. The lowest BCUT2D eigenvalue weighted by molar-refractivity contribution is -0.137. The molecule has 1 atom stereocenters. The molecule has 1 aliphatic rings. The van der Waals surface area contributed by atoms with Gasteiger partial charge in [-0.05, 0) is 90.8 Å². The van der Waals surface area contributed by atoms with Crippen LogP contribution in [0.4, 0.5) is 13.2 Å². The Balaban J connectivity index is 1.59. The second-order valence-corrected chi connectivity index (χ2v) is 9.42. The van der Waals surface area contributed by atoms with Crippen molar-refractivity contribution in [2.75, 3.05) is 27.2 Å². The van der Waals surface area contributed by atoms with Gasteiger partial charge in [0.25, 0.3) is 0 Å². The van der Waals surface area contributed by atoms with Crippen molar-refractivity contribution in [2.24, 2.45) is 0 Å². The second-order valence-electron chi connectivity index (χ2n) is 9.42. The number of nitriles is 2. The van der Waals surface area contributed by atoms with Crippen molar-refractivity contribution in [1.29, 1.82) is 10.5 Å². The van der Waals surface area contributed by atoms with E-state index >= 15 is 0 Å². The van der Waals surface area contributed by atoms with Crippen LogP contribution in [0, 0.1) is 22.7 Å². The highest BCUT2D eigenvalue weighted by atomic mass is 19.4. The fourth-order valence-electron chi connectivity index (χ4n) is 4.50. The quantitative estimate of drug-likeness (QED) is 0.375. The molecule has 1 heterocycles. The number of nitrogens with zero attached hydrogens (tertiary/aromatic N) is 3. The predicted octanol–water partition coefficient (Wildman–Crippen LogP) is 6.01. The number of rotatable bonds is 8. The fourth-order valence-corrected chi connectivity index (χ4v) is 4.50. The summed E-state index contributed by atoms with van der Waals surface area (Å²) >= 11 is 0. The van der Waals surface area contributed by atoms with Crippen LogP contribution in [-0.2, 0) is 34.5 Å². The average molecular weight is 506 g/mol. The van der Waals surface area contributed by atoms with E-state index in [0.717, 1.165) is 29.8 Å². The lowest BCUT2D eigenvalue weighted by Gasteiger charge is -2.31. The third-order valence-electron chi connectivity index (χ3n) is 6.46. The van der Waals surface area contributed by atoms with Gasteiger partial charge in [-0.2, -0.15) is 23.7 Å². The van der Waals surface area contributed by atoms with E-state index in [9.17, 15) is 18.4 Å². The Morgan fingerprint density at radius 2 is 1.65 bits per heavy atom. The SMILES string of the molecule is CN(C)CCC1(COCc2cc(-c3ccc(C#N)cc3)cc(C(F)(F)F)c2)OCc2cc(C#N)ccc21. The Morgan fingerprint density at radius 3 is 2.30 bits per heavy atom. The molecule has 1 unspecified atom stereocenters. The molecular weight excluding hydrogens is 479 g/mol. The first-order valence-corrected chi connectivity index (χ1v) is 11.8. The molecule has 0 fully saturated rings. The number of hydrogen-bond acceptors (Lipinski definition) is 5. The third-order valence-corrected chi connectivity index (χ3v) is 6.46. The van der Waals surface area contributed by atoms with E-state index in [1.165, 1.54) is 0 Å². The van der Waals surface area contributed by atoms with Gasteiger partial charge in [-0.1, -0.05) is 18.2 Å². The Hall–Kier alpha value is -3.69. The first-order chi connectivity index (χ1) is 17.6. The lowest BCUT2D eigenvalue weighted by atomic mass is 9.89. The largest absolute Gasteiger partial charge is 0.416 e. The van der Waals surface area contributed by atoms with Crippen molar-refractivity contribution in [1.82, 2.24) is 4.90 Å². The maximum absolute atomic E-state index is 13.7. The first-order valence-electron chi connectivity index (χ1n) is 11.8. The fraction of sp³-hybridized carbons (Fsp3) is 0.310. The van der Waals surface area contributed by atoms with Crippen LogP contribution in [-0.4, -0.2) is 32.1 Å². The van der Waals surface area contributed by atoms with E-state index in [2.05, 4.69) is 6.07 Å². The minimum absolute atomic E-state index is 0.0358. The van der Waals surface area contributed by atoms with E-state index in [0.29, 0.717) is 40.8 Å².